The zero-order valence-electron chi connectivity index (χ0n) is 11.3. The van der Waals surface area contributed by atoms with Crippen molar-refractivity contribution in [1.29, 1.82) is 0 Å². The Morgan fingerprint density at radius 1 is 1.47 bits per heavy atom. The van der Waals surface area contributed by atoms with Gasteiger partial charge in [0.1, 0.15) is 0 Å². The van der Waals surface area contributed by atoms with Crippen molar-refractivity contribution in [2.75, 3.05) is 13.1 Å². The van der Waals surface area contributed by atoms with E-state index in [9.17, 15) is 4.79 Å². The third-order valence-electron chi connectivity index (χ3n) is 3.52. The highest BCUT2D eigenvalue weighted by Gasteiger charge is 2.19. The predicted molar refractivity (Wildman–Crippen MR) is 76.8 cm³/mol. The first kappa shape index (κ1) is 13.6. The average Bonchev–Trinajstić information content (AvgIpc) is 2.34. The molecule has 1 saturated carbocycles. The second-order valence-corrected chi connectivity index (χ2v) is 5.06. The van der Waals surface area contributed by atoms with E-state index in [0.717, 1.165) is 17.7 Å². The molecule has 0 aromatic heterocycles. The molecule has 0 spiro atoms. The molecule has 3 heteroatoms. The molecular formula is C16H20N2O. The fourth-order valence-corrected chi connectivity index (χ4v) is 2.13. The second kappa shape index (κ2) is 6.40. The first-order chi connectivity index (χ1) is 9.20. The SMILES string of the molecule is Cc1ccc(C(=O)NCC2CCC2)c(C#CCN)c1. The van der Waals surface area contributed by atoms with Crippen LogP contribution >= 0.6 is 0 Å². The van der Waals surface area contributed by atoms with Gasteiger partial charge in [0.25, 0.3) is 5.91 Å². The van der Waals surface area contributed by atoms with Crippen molar-refractivity contribution in [3.8, 4) is 11.8 Å². The van der Waals surface area contributed by atoms with E-state index >= 15 is 0 Å². The number of nitrogens with two attached hydrogens (primary N) is 1. The molecule has 1 aliphatic rings. The van der Waals surface area contributed by atoms with Crippen LogP contribution in [-0.4, -0.2) is 19.0 Å². The number of hydrogen-bond donors (Lipinski definition) is 2. The van der Waals surface area contributed by atoms with Gasteiger partial charge in [0.05, 0.1) is 12.1 Å². The van der Waals surface area contributed by atoms with Gasteiger partial charge in [0, 0.05) is 12.1 Å². The summed E-state index contributed by atoms with van der Waals surface area (Å²) in [5.41, 5.74) is 7.89. The van der Waals surface area contributed by atoms with Gasteiger partial charge in [-0.05, 0) is 43.4 Å². The summed E-state index contributed by atoms with van der Waals surface area (Å²) >= 11 is 0. The number of carbonyl (C=O) groups is 1. The van der Waals surface area contributed by atoms with Gasteiger partial charge in [-0.25, -0.2) is 0 Å². The summed E-state index contributed by atoms with van der Waals surface area (Å²) in [5.74, 6) is 6.41. The van der Waals surface area contributed by atoms with Crippen molar-refractivity contribution in [2.45, 2.75) is 26.2 Å². The van der Waals surface area contributed by atoms with Crippen molar-refractivity contribution < 1.29 is 4.79 Å². The minimum atomic E-state index is -0.0341. The molecule has 0 saturated heterocycles. The molecule has 2 rings (SSSR count). The van der Waals surface area contributed by atoms with E-state index in [-0.39, 0.29) is 5.91 Å². The Kier molecular flexibility index (Phi) is 4.59. The smallest absolute Gasteiger partial charge is 0.252 e. The van der Waals surface area contributed by atoms with Gasteiger partial charge < -0.3 is 11.1 Å². The lowest BCUT2D eigenvalue weighted by molar-refractivity contribution is 0.0939. The molecule has 1 aliphatic carbocycles. The molecule has 0 bridgehead atoms. The van der Waals surface area contributed by atoms with E-state index in [1.807, 2.05) is 25.1 Å². The van der Waals surface area contributed by atoms with Crippen LogP contribution in [0.1, 0.15) is 40.7 Å². The van der Waals surface area contributed by atoms with Crippen LogP contribution in [0.3, 0.4) is 0 Å². The van der Waals surface area contributed by atoms with E-state index in [1.165, 1.54) is 19.3 Å². The van der Waals surface area contributed by atoms with Crippen LogP contribution in [0.4, 0.5) is 0 Å². The monoisotopic (exact) mass is 256 g/mol. The summed E-state index contributed by atoms with van der Waals surface area (Å²) in [7, 11) is 0. The number of aryl methyl sites for hydroxylation is 1. The molecular weight excluding hydrogens is 236 g/mol. The third kappa shape index (κ3) is 3.59. The highest BCUT2D eigenvalue weighted by molar-refractivity contribution is 5.96. The standard InChI is InChI=1S/C16H20N2O/c1-12-7-8-15(14(10-12)6-3-9-17)16(19)18-11-13-4-2-5-13/h7-8,10,13H,2,4-5,9,11,17H2,1H3,(H,18,19). The highest BCUT2D eigenvalue weighted by Crippen LogP contribution is 2.25. The number of rotatable bonds is 3. The van der Waals surface area contributed by atoms with Gasteiger partial charge in [-0.15, -0.1) is 0 Å². The normalized spacial score (nSPS) is 14.2. The van der Waals surface area contributed by atoms with Gasteiger partial charge in [-0.3, -0.25) is 4.79 Å². The molecule has 3 nitrogen and oxygen atoms in total. The Labute approximate surface area is 114 Å². The molecule has 1 fully saturated rings. The molecule has 0 unspecified atom stereocenters. The van der Waals surface area contributed by atoms with E-state index in [4.69, 9.17) is 5.73 Å². The van der Waals surface area contributed by atoms with Gasteiger partial charge in [-0.2, -0.15) is 0 Å². The molecule has 100 valence electrons. The van der Waals surface area contributed by atoms with Crippen LogP contribution in [0.5, 0.6) is 0 Å². The van der Waals surface area contributed by atoms with Crippen LogP contribution in [0, 0.1) is 24.7 Å². The third-order valence-corrected chi connectivity index (χ3v) is 3.52. The van der Waals surface area contributed by atoms with E-state index in [1.54, 1.807) is 0 Å². The number of carbonyl (C=O) groups excluding carboxylic acids is 1. The van der Waals surface area contributed by atoms with Gasteiger partial charge in [0.2, 0.25) is 0 Å². The molecule has 0 heterocycles. The average molecular weight is 256 g/mol. The lowest BCUT2D eigenvalue weighted by atomic mass is 9.85. The van der Waals surface area contributed by atoms with Crippen LogP contribution in [0.15, 0.2) is 18.2 Å². The molecule has 1 aromatic rings. The lowest BCUT2D eigenvalue weighted by Crippen LogP contribution is -2.32. The van der Waals surface area contributed by atoms with Crippen molar-refractivity contribution in [2.24, 2.45) is 11.7 Å². The first-order valence-corrected chi connectivity index (χ1v) is 6.78. The minimum absolute atomic E-state index is 0.0341. The minimum Gasteiger partial charge on any atom is -0.352 e. The second-order valence-electron chi connectivity index (χ2n) is 5.06. The number of amides is 1. The maximum Gasteiger partial charge on any atom is 0.252 e. The lowest BCUT2D eigenvalue weighted by Gasteiger charge is -2.25. The Morgan fingerprint density at radius 2 is 2.26 bits per heavy atom. The van der Waals surface area contributed by atoms with Crippen molar-refractivity contribution in [1.82, 2.24) is 5.32 Å². The largest absolute Gasteiger partial charge is 0.352 e. The Hall–Kier alpha value is -1.79. The van der Waals surface area contributed by atoms with Crippen LogP contribution in [0.2, 0.25) is 0 Å². The van der Waals surface area contributed by atoms with Gasteiger partial charge >= 0.3 is 0 Å². The van der Waals surface area contributed by atoms with Gasteiger partial charge in [-0.1, -0.05) is 24.3 Å². The topological polar surface area (TPSA) is 55.1 Å². The summed E-state index contributed by atoms with van der Waals surface area (Å²) in [5, 5.41) is 3.00. The Balaban J connectivity index is 2.10. The fraction of sp³-hybridized carbons (Fsp3) is 0.438. The van der Waals surface area contributed by atoms with Crippen molar-refractivity contribution in [3.05, 3.63) is 34.9 Å². The highest BCUT2D eigenvalue weighted by atomic mass is 16.1. The van der Waals surface area contributed by atoms with E-state index in [2.05, 4.69) is 17.2 Å². The van der Waals surface area contributed by atoms with Gasteiger partial charge in [0.15, 0.2) is 0 Å². The Bertz CT molecular complexity index is 521. The summed E-state index contributed by atoms with van der Waals surface area (Å²) in [4.78, 5) is 12.2. The summed E-state index contributed by atoms with van der Waals surface area (Å²) < 4.78 is 0. The van der Waals surface area contributed by atoms with Crippen LogP contribution in [-0.2, 0) is 0 Å². The van der Waals surface area contributed by atoms with Crippen molar-refractivity contribution in [3.63, 3.8) is 0 Å². The number of benzene rings is 1. The van der Waals surface area contributed by atoms with Crippen LogP contribution in [0.25, 0.3) is 0 Å². The van der Waals surface area contributed by atoms with Crippen molar-refractivity contribution >= 4 is 5.91 Å². The molecule has 0 aliphatic heterocycles. The summed E-state index contributed by atoms with van der Waals surface area (Å²) in [6.45, 7) is 3.07. The molecule has 19 heavy (non-hydrogen) atoms. The fourth-order valence-electron chi connectivity index (χ4n) is 2.13. The zero-order valence-corrected chi connectivity index (χ0v) is 11.3. The first-order valence-electron chi connectivity index (χ1n) is 6.78. The maximum atomic E-state index is 12.2. The van der Waals surface area contributed by atoms with E-state index in [0.29, 0.717) is 18.0 Å². The molecule has 1 aromatic carbocycles. The van der Waals surface area contributed by atoms with Crippen LogP contribution < -0.4 is 11.1 Å². The molecule has 0 atom stereocenters. The quantitative estimate of drug-likeness (QED) is 0.811. The Morgan fingerprint density at radius 3 is 2.89 bits per heavy atom. The summed E-state index contributed by atoms with van der Waals surface area (Å²) in [6.07, 6.45) is 3.75. The zero-order chi connectivity index (χ0) is 13.7. The van der Waals surface area contributed by atoms with E-state index < -0.39 is 0 Å². The number of hydrogen-bond acceptors (Lipinski definition) is 2. The summed E-state index contributed by atoms with van der Waals surface area (Å²) in [6, 6.07) is 5.71. The molecule has 3 N–H and O–H groups in total. The molecule has 1 amide bonds. The maximum absolute atomic E-state index is 12.2. The predicted octanol–water partition coefficient (Wildman–Crippen LogP) is 1.84. The molecule has 0 radical (unpaired) electrons. The number of nitrogens with one attached hydrogen (secondary N) is 1.